The second-order valence-electron chi connectivity index (χ2n) is 5.97. The quantitative estimate of drug-likeness (QED) is 0.757. The second kappa shape index (κ2) is 7.07. The average Bonchev–Trinajstić information content (AvgIpc) is 3.39. The summed E-state index contributed by atoms with van der Waals surface area (Å²) in [4.78, 5) is 14.1. The van der Waals surface area contributed by atoms with E-state index in [4.69, 9.17) is 9.47 Å². The molecule has 1 saturated heterocycles. The summed E-state index contributed by atoms with van der Waals surface area (Å²) in [5.74, 6) is 1.44. The lowest BCUT2D eigenvalue weighted by Crippen LogP contribution is -2.35. The molecular formula is C18H23NO3. The lowest BCUT2D eigenvalue weighted by Gasteiger charge is -2.27. The first-order chi connectivity index (χ1) is 10.8. The van der Waals surface area contributed by atoms with Crippen LogP contribution in [0.2, 0.25) is 0 Å². The van der Waals surface area contributed by atoms with E-state index >= 15 is 0 Å². The molecule has 1 saturated carbocycles. The van der Waals surface area contributed by atoms with Gasteiger partial charge in [-0.15, -0.1) is 0 Å². The zero-order valence-corrected chi connectivity index (χ0v) is 13.1. The molecule has 0 amide bonds. The van der Waals surface area contributed by atoms with Gasteiger partial charge in [-0.1, -0.05) is 12.1 Å². The Morgan fingerprint density at radius 2 is 2.14 bits per heavy atom. The first-order valence-corrected chi connectivity index (χ1v) is 7.95. The molecule has 0 unspecified atom stereocenters. The summed E-state index contributed by atoms with van der Waals surface area (Å²) in [6.45, 7) is 4.33. The van der Waals surface area contributed by atoms with Crippen molar-refractivity contribution in [1.82, 2.24) is 4.90 Å². The molecule has 1 heterocycles. The van der Waals surface area contributed by atoms with Crippen molar-refractivity contribution in [2.24, 2.45) is 5.92 Å². The molecule has 1 aromatic rings. The topological polar surface area (TPSA) is 38.8 Å². The molecule has 4 nitrogen and oxygen atoms in total. The number of methoxy groups -OCH3 is 1. The molecule has 1 aromatic carbocycles. The van der Waals surface area contributed by atoms with Crippen LogP contribution in [0.25, 0.3) is 6.08 Å². The van der Waals surface area contributed by atoms with Crippen molar-refractivity contribution in [1.29, 1.82) is 0 Å². The van der Waals surface area contributed by atoms with Crippen molar-refractivity contribution in [3.05, 3.63) is 35.4 Å². The monoisotopic (exact) mass is 301 g/mol. The first-order valence-electron chi connectivity index (χ1n) is 7.95. The maximum absolute atomic E-state index is 11.8. The highest BCUT2D eigenvalue weighted by molar-refractivity contribution is 5.96. The largest absolute Gasteiger partial charge is 0.496 e. The van der Waals surface area contributed by atoms with Crippen molar-refractivity contribution in [3.8, 4) is 5.75 Å². The molecule has 4 heteroatoms. The van der Waals surface area contributed by atoms with E-state index in [0.717, 1.165) is 62.6 Å². The van der Waals surface area contributed by atoms with E-state index in [0.29, 0.717) is 0 Å². The maximum atomic E-state index is 11.8. The third kappa shape index (κ3) is 3.96. The number of morpholine rings is 1. The zero-order valence-electron chi connectivity index (χ0n) is 13.1. The van der Waals surface area contributed by atoms with E-state index in [1.54, 1.807) is 13.2 Å². The van der Waals surface area contributed by atoms with Gasteiger partial charge in [-0.25, -0.2) is 0 Å². The van der Waals surface area contributed by atoms with Crippen LogP contribution >= 0.6 is 0 Å². The smallest absolute Gasteiger partial charge is 0.158 e. The molecule has 0 radical (unpaired) electrons. The SMILES string of the molecule is COc1ccc(/C=C/C(=O)C2CC2)cc1CN1CCOCC1. The number of rotatable bonds is 6. The van der Waals surface area contributed by atoms with Crippen LogP contribution in [0.5, 0.6) is 5.75 Å². The molecule has 1 aliphatic carbocycles. The van der Waals surface area contributed by atoms with Crippen LogP contribution in [0, 0.1) is 5.92 Å². The lowest BCUT2D eigenvalue weighted by atomic mass is 10.1. The van der Waals surface area contributed by atoms with Crippen molar-refractivity contribution < 1.29 is 14.3 Å². The van der Waals surface area contributed by atoms with Gasteiger partial charge >= 0.3 is 0 Å². The number of carbonyl (C=O) groups is 1. The Balaban J connectivity index is 1.71. The van der Waals surface area contributed by atoms with E-state index in [1.165, 1.54) is 0 Å². The van der Waals surface area contributed by atoms with Gasteiger partial charge in [-0.2, -0.15) is 0 Å². The van der Waals surface area contributed by atoms with Crippen LogP contribution in [-0.2, 0) is 16.1 Å². The Morgan fingerprint density at radius 3 is 2.82 bits per heavy atom. The van der Waals surface area contributed by atoms with Gasteiger partial charge in [0.1, 0.15) is 5.75 Å². The van der Waals surface area contributed by atoms with E-state index in [1.807, 2.05) is 18.2 Å². The second-order valence-corrected chi connectivity index (χ2v) is 5.97. The van der Waals surface area contributed by atoms with Crippen molar-refractivity contribution in [2.45, 2.75) is 19.4 Å². The van der Waals surface area contributed by atoms with Crippen molar-refractivity contribution in [2.75, 3.05) is 33.4 Å². The molecule has 0 atom stereocenters. The van der Waals surface area contributed by atoms with Gasteiger partial charge in [0, 0.05) is 31.1 Å². The Bertz CT molecular complexity index is 557. The van der Waals surface area contributed by atoms with Crippen LogP contribution in [-0.4, -0.2) is 44.1 Å². The predicted molar refractivity (Wildman–Crippen MR) is 85.9 cm³/mol. The van der Waals surface area contributed by atoms with E-state index < -0.39 is 0 Å². The third-order valence-electron chi connectivity index (χ3n) is 4.22. The Kier molecular flexibility index (Phi) is 4.90. The zero-order chi connectivity index (χ0) is 15.4. The lowest BCUT2D eigenvalue weighted by molar-refractivity contribution is -0.115. The third-order valence-corrected chi connectivity index (χ3v) is 4.22. The van der Waals surface area contributed by atoms with Gasteiger partial charge in [0.05, 0.1) is 20.3 Å². The van der Waals surface area contributed by atoms with Gasteiger partial charge in [0.15, 0.2) is 5.78 Å². The molecule has 0 N–H and O–H groups in total. The predicted octanol–water partition coefficient (Wildman–Crippen LogP) is 2.52. The summed E-state index contributed by atoms with van der Waals surface area (Å²) in [6.07, 6.45) is 5.74. The van der Waals surface area contributed by atoms with Gasteiger partial charge in [0.25, 0.3) is 0 Å². The molecule has 3 rings (SSSR count). The normalized spacial score (nSPS) is 19.5. The number of nitrogens with zero attached hydrogens (tertiary/aromatic N) is 1. The number of ketones is 1. The highest BCUT2D eigenvalue weighted by Crippen LogP contribution is 2.30. The molecule has 22 heavy (non-hydrogen) atoms. The van der Waals surface area contributed by atoms with Crippen LogP contribution in [0.3, 0.4) is 0 Å². The number of carbonyl (C=O) groups excluding carboxylic acids is 1. The molecule has 2 aliphatic rings. The molecule has 0 spiro atoms. The van der Waals surface area contributed by atoms with Crippen LogP contribution in [0.1, 0.15) is 24.0 Å². The number of ether oxygens (including phenoxy) is 2. The standard InChI is InChI=1S/C18H23NO3/c1-21-18-7-3-14(2-6-17(20)15-4-5-15)12-16(18)13-19-8-10-22-11-9-19/h2-3,6-7,12,15H,4-5,8-11,13H2,1H3/b6-2+. The highest BCUT2D eigenvalue weighted by Gasteiger charge is 2.27. The van der Waals surface area contributed by atoms with Crippen molar-refractivity contribution >= 4 is 11.9 Å². The van der Waals surface area contributed by atoms with Gasteiger partial charge < -0.3 is 9.47 Å². The van der Waals surface area contributed by atoms with E-state index in [9.17, 15) is 4.79 Å². The number of hydrogen-bond donors (Lipinski definition) is 0. The fourth-order valence-electron chi connectivity index (χ4n) is 2.71. The van der Waals surface area contributed by atoms with Gasteiger partial charge in [-0.3, -0.25) is 9.69 Å². The summed E-state index contributed by atoms with van der Waals surface area (Å²) in [7, 11) is 1.70. The molecule has 2 fully saturated rings. The fraction of sp³-hybridized carbons (Fsp3) is 0.500. The maximum Gasteiger partial charge on any atom is 0.158 e. The molecule has 118 valence electrons. The summed E-state index contributed by atoms with van der Waals surface area (Å²) >= 11 is 0. The summed E-state index contributed by atoms with van der Waals surface area (Å²) < 4.78 is 10.9. The molecule has 0 bridgehead atoms. The highest BCUT2D eigenvalue weighted by atomic mass is 16.5. The van der Waals surface area contributed by atoms with E-state index in [2.05, 4.69) is 11.0 Å². The molecular weight excluding hydrogens is 278 g/mol. The van der Waals surface area contributed by atoms with Gasteiger partial charge in [-0.05, 0) is 36.6 Å². The average molecular weight is 301 g/mol. The summed E-state index contributed by atoms with van der Waals surface area (Å²) in [5.41, 5.74) is 2.21. The van der Waals surface area contributed by atoms with Crippen LogP contribution < -0.4 is 4.74 Å². The number of allylic oxidation sites excluding steroid dienone is 1. The minimum atomic E-state index is 0.255. The molecule has 1 aliphatic heterocycles. The Morgan fingerprint density at radius 1 is 1.36 bits per heavy atom. The minimum absolute atomic E-state index is 0.255. The van der Waals surface area contributed by atoms with Crippen molar-refractivity contribution in [3.63, 3.8) is 0 Å². The molecule has 0 aromatic heterocycles. The van der Waals surface area contributed by atoms with Crippen LogP contribution in [0.15, 0.2) is 24.3 Å². The minimum Gasteiger partial charge on any atom is -0.496 e. The Labute approximate surface area is 131 Å². The fourth-order valence-corrected chi connectivity index (χ4v) is 2.71. The summed E-state index contributed by atoms with van der Waals surface area (Å²) in [6, 6.07) is 6.10. The van der Waals surface area contributed by atoms with E-state index in [-0.39, 0.29) is 11.7 Å². The van der Waals surface area contributed by atoms with Crippen LogP contribution in [0.4, 0.5) is 0 Å². The number of hydrogen-bond acceptors (Lipinski definition) is 4. The number of benzene rings is 1. The Hall–Kier alpha value is -1.65. The first kappa shape index (κ1) is 15.3. The summed E-state index contributed by atoms with van der Waals surface area (Å²) in [5, 5.41) is 0. The van der Waals surface area contributed by atoms with Gasteiger partial charge in [0.2, 0.25) is 0 Å².